The highest BCUT2D eigenvalue weighted by Gasteiger charge is 2.22. The number of carbonyl (C=O) groups is 1. The molecule has 0 atom stereocenters. The Kier molecular flexibility index (Phi) is 3.93. The summed E-state index contributed by atoms with van der Waals surface area (Å²) >= 11 is 0. The van der Waals surface area contributed by atoms with E-state index in [9.17, 15) is 18.7 Å². The van der Waals surface area contributed by atoms with Crippen molar-refractivity contribution in [3.8, 4) is 11.8 Å². The zero-order valence-electron chi connectivity index (χ0n) is 8.78. The van der Waals surface area contributed by atoms with E-state index in [4.69, 9.17) is 5.26 Å². The van der Waals surface area contributed by atoms with Gasteiger partial charge in [-0.3, -0.25) is 4.79 Å². The number of carbonyl (C=O) groups excluding carboxylic acids is 1. The van der Waals surface area contributed by atoms with Crippen LogP contribution >= 0.6 is 0 Å². The minimum absolute atomic E-state index is 0.141. The Hall–Kier alpha value is -2.23. The van der Waals surface area contributed by atoms with E-state index in [1.165, 1.54) is 0 Å². The summed E-state index contributed by atoms with van der Waals surface area (Å²) in [6.07, 6.45) is -2.56. The molecule has 0 bridgehead atoms. The number of esters is 1. The third-order valence-electron chi connectivity index (χ3n) is 2.06. The Morgan fingerprint density at radius 2 is 2.35 bits per heavy atom. The zero-order chi connectivity index (χ0) is 13.0. The summed E-state index contributed by atoms with van der Waals surface area (Å²) in [6, 6.07) is 1.66. The number of aromatic hydroxyl groups is 1. The second kappa shape index (κ2) is 5.21. The van der Waals surface area contributed by atoms with Crippen molar-refractivity contribution in [3.05, 3.63) is 23.0 Å². The van der Waals surface area contributed by atoms with Crippen molar-refractivity contribution in [3.63, 3.8) is 0 Å². The second-order valence-corrected chi connectivity index (χ2v) is 3.05. The monoisotopic (exact) mass is 242 g/mol. The van der Waals surface area contributed by atoms with Crippen molar-refractivity contribution in [1.82, 2.24) is 4.98 Å². The Balaban J connectivity index is 3.28. The number of aromatic nitrogens is 1. The SMILES string of the molecule is COC(=O)Cc1c(C#N)cnc(C(F)F)c1O. The summed E-state index contributed by atoms with van der Waals surface area (Å²) in [5.41, 5.74) is -1.20. The van der Waals surface area contributed by atoms with Crippen LogP contribution in [0.2, 0.25) is 0 Å². The molecule has 0 saturated heterocycles. The molecule has 0 fully saturated rings. The molecule has 0 aliphatic rings. The number of halogens is 2. The molecule has 1 aromatic heterocycles. The Morgan fingerprint density at radius 3 is 2.82 bits per heavy atom. The van der Waals surface area contributed by atoms with Crippen molar-refractivity contribution in [1.29, 1.82) is 5.26 Å². The van der Waals surface area contributed by atoms with Crippen LogP contribution in [0, 0.1) is 11.3 Å². The van der Waals surface area contributed by atoms with Gasteiger partial charge in [0.15, 0.2) is 0 Å². The number of alkyl halides is 2. The number of methoxy groups -OCH3 is 1. The van der Waals surface area contributed by atoms with E-state index in [1.807, 2.05) is 0 Å². The van der Waals surface area contributed by atoms with E-state index in [0.717, 1.165) is 13.3 Å². The number of hydrogen-bond acceptors (Lipinski definition) is 5. The fourth-order valence-corrected chi connectivity index (χ4v) is 1.21. The highest BCUT2D eigenvalue weighted by molar-refractivity contribution is 5.74. The first-order valence-electron chi connectivity index (χ1n) is 4.47. The first-order chi connectivity index (χ1) is 8.01. The largest absolute Gasteiger partial charge is 0.505 e. The molecule has 0 saturated carbocycles. The second-order valence-electron chi connectivity index (χ2n) is 3.05. The summed E-state index contributed by atoms with van der Waals surface area (Å²) in [6.45, 7) is 0. The molecule has 0 spiro atoms. The topological polar surface area (TPSA) is 83.2 Å². The molecule has 0 aromatic carbocycles. The van der Waals surface area contributed by atoms with Crippen molar-refractivity contribution < 1.29 is 23.4 Å². The van der Waals surface area contributed by atoms with Gasteiger partial charge in [0, 0.05) is 11.8 Å². The Labute approximate surface area is 95.3 Å². The van der Waals surface area contributed by atoms with Gasteiger partial charge in [-0.05, 0) is 0 Å². The van der Waals surface area contributed by atoms with Crippen LogP contribution in [0.5, 0.6) is 5.75 Å². The third-order valence-corrected chi connectivity index (χ3v) is 2.06. The maximum atomic E-state index is 12.4. The van der Waals surface area contributed by atoms with Crippen molar-refractivity contribution in [2.45, 2.75) is 12.8 Å². The normalized spacial score (nSPS) is 10.1. The van der Waals surface area contributed by atoms with E-state index in [1.54, 1.807) is 6.07 Å². The molecular weight excluding hydrogens is 234 g/mol. The Bertz CT molecular complexity index is 483. The lowest BCUT2D eigenvalue weighted by Crippen LogP contribution is -2.08. The molecule has 7 heteroatoms. The van der Waals surface area contributed by atoms with Crippen molar-refractivity contribution in [2.75, 3.05) is 7.11 Å². The van der Waals surface area contributed by atoms with Gasteiger partial charge in [-0.2, -0.15) is 5.26 Å². The van der Waals surface area contributed by atoms with Crippen LogP contribution in [0.3, 0.4) is 0 Å². The first kappa shape index (κ1) is 12.8. The predicted molar refractivity (Wildman–Crippen MR) is 51.3 cm³/mol. The van der Waals surface area contributed by atoms with E-state index in [2.05, 4.69) is 9.72 Å². The van der Waals surface area contributed by atoms with Gasteiger partial charge in [-0.25, -0.2) is 13.8 Å². The lowest BCUT2D eigenvalue weighted by atomic mass is 10.1. The molecule has 5 nitrogen and oxygen atoms in total. The lowest BCUT2D eigenvalue weighted by molar-refractivity contribution is -0.139. The zero-order valence-corrected chi connectivity index (χ0v) is 8.78. The summed E-state index contributed by atoms with van der Waals surface area (Å²) in [5, 5.41) is 18.2. The van der Waals surface area contributed by atoms with Crippen LogP contribution in [0.15, 0.2) is 6.20 Å². The quantitative estimate of drug-likeness (QED) is 0.808. The van der Waals surface area contributed by atoms with Gasteiger partial charge >= 0.3 is 5.97 Å². The molecule has 17 heavy (non-hydrogen) atoms. The van der Waals surface area contributed by atoms with Crippen LogP contribution in [0.1, 0.15) is 23.2 Å². The Morgan fingerprint density at radius 1 is 1.71 bits per heavy atom. The smallest absolute Gasteiger partial charge is 0.310 e. The number of hydrogen-bond donors (Lipinski definition) is 1. The third kappa shape index (κ3) is 2.66. The average Bonchev–Trinajstić information content (AvgIpc) is 2.30. The van der Waals surface area contributed by atoms with Gasteiger partial charge < -0.3 is 9.84 Å². The molecule has 0 amide bonds. The fraction of sp³-hybridized carbons (Fsp3) is 0.300. The molecule has 1 N–H and O–H groups in total. The van der Waals surface area contributed by atoms with Gasteiger partial charge in [-0.1, -0.05) is 0 Å². The molecule has 0 radical (unpaired) electrons. The van der Waals surface area contributed by atoms with E-state index in [0.29, 0.717) is 0 Å². The first-order valence-corrected chi connectivity index (χ1v) is 4.47. The minimum Gasteiger partial charge on any atom is -0.505 e. The van der Waals surface area contributed by atoms with Crippen LogP contribution in [-0.4, -0.2) is 23.2 Å². The van der Waals surface area contributed by atoms with Gasteiger partial charge in [0.25, 0.3) is 6.43 Å². The average molecular weight is 242 g/mol. The predicted octanol–water partition coefficient (Wildman–Crippen LogP) is 1.31. The molecule has 1 aromatic rings. The molecule has 0 aliphatic carbocycles. The van der Waals surface area contributed by atoms with Gasteiger partial charge in [0.1, 0.15) is 17.5 Å². The number of nitriles is 1. The number of pyridine rings is 1. The number of ether oxygens (including phenoxy) is 1. The molecule has 1 rings (SSSR count). The van der Waals surface area contributed by atoms with E-state index in [-0.39, 0.29) is 11.1 Å². The summed E-state index contributed by atoms with van der Waals surface area (Å²) in [5.74, 6) is -1.59. The van der Waals surface area contributed by atoms with E-state index >= 15 is 0 Å². The lowest BCUT2D eigenvalue weighted by Gasteiger charge is -2.09. The minimum atomic E-state index is -2.99. The maximum Gasteiger partial charge on any atom is 0.310 e. The van der Waals surface area contributed by atoms with Gasteiger partial charge in [0.05, 0.1) is 19.1 Å². The standard InChI is InChI=1S/C10H8F2N2O3/c1-17-7(15)2-6-5(3-13)4-14-8(9(6)16)10(11)12/h4,10,16H,2H2,1H3. The number of nitrogens with zero attached hydrogens (tertiary/aromatic N) is 2. The highest BCUT2D eigenvalue weighted by atomic mass is 19.3. The number of rotatable bonds is 3. The summed E-state index contributed by atoms with van der Waals surface area (Å²) in [7, 11) is 1.11. The van der Waals surface area contributed by atoms with Crippen LogP contribution in [-0.2, 0) is 16.0 Å². The molecule has 0 aliphatic heterocycles. The molecule has 90 valence electrons. The van der Waals surface area contributed by atoms with Crippen LogP contribution in [0.25, 0.3) is 0 Å². The molecule has 0 unspecified atom stereocenters. The highest BCUT2D eigenvalue weighted by Crippen LogP contribution is 2.31. The summed E-state index contributed by atoms with van der Waals surface area (Å²) in [4.78, 5) is 14.3. The maximum absolute atomic E-state index is 12.4. The van der Waals surface area contributed by atoms with Crippen LogP contribution < -0.4 is 0 Å². The summed E-state index contributed by atoms with van der Waals surface area (Å²) < 4.78 is 29.2. The van der Waals surface area contributed by atoms with Crippen molar-refractivity contribution >= 4 is 5.97 Å². The van der Waals surface area contributed by atoms with Gasteiger partial charge in [-0.15, -0.1) is 0 Å². The van der Waals surface area contributed by atoms with Crippen molar-refractivity contribution in [2.24, 2.45) is 0 Å². The fourth-order valence-electron chi connectivity index (χ4n) is 1.21. The van der Waals surface area contributed by atoms with Gasteiger partial charge in [0.2, 0.25) is 0 Å². The van der Waals surface area contributed by atoms with Crippen LogP contribution in [0.4, 0.5) is 8.78 Å². The molecular formula is C10H8F2N2O3. The van der Waals surface area contributed by atoms with E-state index < -0.39 is 30.3 Å². The molecule has 1 heterocycles.